The number of hydrogen-bond acceptors (Lipinski definition) is 5. The van der Waals surface area contributed by atoms with E-state index in [2.05, 4.69) is 16.9 Å². The Morgan fingerprint density at radius 3 is 2.75 bits per heavy atom. The van der Waals surface area contributed by atoms with E-state index in [0.29, 0.717) is 28.3 Å². The van der Waals surface area contributed by atoms with Crippen LogP contribution in [0, 0.1) is 17.1 Å². The van der Waals surface area contributed by atoms with Crippen LogP contribution >= 0.6 is 0 Å². The quantitative estimate of drug-likeness (QED) is 0.640. The number of pyridine rings is 1. The second kappa shape index (κ2) is 7.76. The van der Waals surface area contributed by atoms with Gasteiger partial charge in [0, 0.05) is 23.1 Å². The summed E-state index contributed by atoms with van der Waals surface area (Å²) in [5, 5.41) is 13.9. The highest BCUT2D eigenvalue weighted by Gasteiger charge is 2.14. The van der Waals surface area contributed by atoms with Crippen LogP contribution in [-0.2, 0) is 0 Å². The van der Waals surface area contributed by atoms with Gasteiger partial charge in [-0.2, -0.15) is 5.26 Å². The lowest BCUT2D eigenvalue weighted by molar-refractivity contribution is 0.0991. The molecule has 0 saturated heterocycles. The summed E-state index contributed by atoms with van der Waals surface area (Å²) < 4.78 is 19.2. The minimum atomic E-state index is -0.931. The van der Waals surface area contributed by atoms with Crippen LogP contribution in [0.2, 0.25) is 0 Å². The normalized spacial score (nSPS) is 10.3. The van der Waals surface area contributed by atoms with Gasteiger partial charge in [0.2, 0.25) is 0 Å². The number of methoxy groups -OCH3 is 1. The molecule has 3 N–H and O–H groups in total. The molecule has 0 spiro atoms. The predicted molar refractivity (Wildman–Crippen MR) is 105 cm³/mol. The molecule has 1 heterocycles. The van der Waals surface area contributed by atoms with Crippen LogP contribution in [0.15, 0.2) is 54.6 Å². The lowest BCUT2D eigenvalue weighted by atomic mass is 10.0. The zero-order valence-electron chi connectivity index (χ0n) is 15.1. The molecule has 0 unspecified atom stereocenters. The monoisotopic (exact) mass is 376 g/mol. The van der Waals surface area contributed by atoms with E-state index in [0.717, 1.165) is 16.8 Å². The zero-order chi connectivity index (χ0) is 20.3. The van der Waals surface area contributed by atoms with Gasteiger partial charge in [-0.15, -0.1) is 0 Å². The lowest BCUT2D eigenvalue weighted by Gasteiger charge is -2.15. The number of nitrogens with zero attached hydrogens (tertiary/aromatic N) is 2. The Morgan fingerprint density at radius 2 is 2.07 bits per heavy atom. The van der Waals surface area contributed by atoms with Gasteiger partial charge in [0.05, 0.1) is 24.6 Å². The highest BCUT2D eigenvalue weighted by molar-refractivity contribution is 5.99. The number of rotatable bonds is 6. The summed E-state index contributed by atoms with van der Waals surface area (Å²) in [5.74, 6) is -1.10. The first-order chi connectivity index (χ1) is 13.4. The average Bonchev–Trinajstić information content (AvgIpc) is 2.71. The van der Waals surface area contributed by atoms with Gasteiger partial charge < -0.3 is 15.8 Å². The number of benzene rings is 2. The van der Waals surface area contributed by atoms with E-state index < -0.39 is 17.4 Å². The maximum Gasteiger partial charge on any atom is 0.270 e. The van der Waals surface area contributed by atoms with Crippen molar-refractivity contribution in [1.82, 2.24) is 4.98 Å². The molecular formula is C21H17FN4O2. The molecule has 0 fully saturated rings. The first kappa shape index (κ1) is 18.9. The highest BCUT2D eigenvalue weighted by Crippen LogP contribution is 2.35. The molecule has 3 rings (SSSR count). The summed E-state index contributed by atoms with van der Waals surface area (Å²) in [5.41, 5.74) is 6.93. The number of carbonyl (C=O) groups excluding carboxylic acids is 1. The van der Waals surface area contributed by atoms with Gasteiger partial charge in [-0.25, -0.2) is 9.37 Å². The average molecular weight is 376 g/mol. The summed E-state index contributed by atoms with van der Waals surface area (Å²) >= 11 is 0. The van der Waals surface area contributed by atoms with Crippen LogP contribution in [0.25, 0.3) is 22.0 Å². The second-order valence-electron chi connectivity index (χ2n) is 6.04. The molecule has 0 aliphatic heterocycles. The topological polar surface area (TPSA) is 101 Å². The molecule has 0 radical (unpaired) electrons. The zero-order valence-corrected chi connectivity index (χ0v) is 15.1. The van der Waals surface area contributed by atoms with E-state index >= 15 is 0 Å². The molecule has 0 atom stereocenters. The van der Waals surface area contributed by atoms with Gasteiger partial charge in [-0.1, -0.05) is 24.8 Å². The fourth-order valence-corrected chi connectivity index (χ4v) is 2.82. The third kappa shape index (κ3) is 3.62. The maximum atomic E-state index is 13.7. The van der Waals surface area contributed by atoms with Crippen LogP contribution in [0.1, 0.15) is 10.5 Å². The van der Waals surface area contributed by atoms with E-state index in [1.807, 2.05) is 36.4 Å². The summed E-state index contributed by atoms with van der Waals surface area (Å²) in [6.45, 7) is 3.93. The van der Waals surface area contributed by atoms with Crippen molar-refractivity contribution in [1.29, 1.82) is 5.26 Å². The predicted octanol–water partition coefficient (Wildman–Crippen LogP) is 3.64. The summed E-state index contributed by atoms with van der Waals surface area (Å²) in [4.78, 5) is 15.4. The number of anilines is 1. The first-order valence-corrected chi connectivity index (χ1v) is 8.34. The van der Waals surface area contributed by atoms with E-state index in [4.69, 9.17) is 15.7 Å². The lowest BCUT2D eigenvalue weighted by Crippen LogP contribution is -2.15. The van der Waals surface area contributed by atoms with E-state index in [-0.39, 0.29) is 6.54 Å². The van der Waals surface area contributed by atoms with Crippen molar-refractivity contribution in [3.8, 4) is 23.1 Å². The summed E-state index contributed by atoms with van der Waals surface area (Å²) in [6.07, 6.45) is 0. The number of amides is 1. The molecule has 28 heavy (non-hydrogen) atoms. The molecule has 3 aromatic rings. The SMILES string of the molecule is C=C(C#N)CNc1c(OC)ccc2ccc(-c3ccc(F)c(C(N)=O)n3)cc12. The molecular weight excluding hydrogens is 359 g/mol. The Bertz CT molecular complexity index is 1140. The van der Waals surface area contributed by atoms with Gasteiger partial charge >= 0.3 is 0 Å². The van der Waals surface area contributed by atoms with Crippen LogP contribution < -0.4 is 15.8 Å². The Hall–Kier alpha value is -3.92. The number of aromatic nitrogens is 1. The van der Waals surface area contributed by atoms with Crippen LogP contribution in [0.5, 0.6) is 5.75 Å². The molecule has 140 valence electrons. The Balaban J connectivity index is 2.14. The van der Waals surface area contributed by atoms with Gasteiger partial charge in [-0.3, -0.25) is 4.79 Å². The second-order valence-corrected chi connectivity index (χ2v) is 6.04. The number of halogens is 1. The van der Waals surface area contributed by atoms with E-state index in [1.54, 1.807) is 7.11 Å². The molecule has 2 aromatic carbocycles. The van der Waals surface area contributed by atoms with Crippen LogP contribution in [0.3, 0.4) is 0 Å². The number of fused-ring (bicyclic) bond motifs is 1. The first-order valence-electron chi connectivity index (χ1n) is 8.34. The highest BCUT2D eigenvalue weighted by atomic mass is 19.1. The standard InChI is InChI=1S/C21H17FN4O2/c1-12(10-23)11-25-19-15-9-14(4-3-13(15)5-8-18(19)28-2)17-7-6-16(22)20(26-17)21(24)27/h3-9,25H,1,11H2,2H3,(H2,24,27). The van der Waals surface area contributed by atoms with Gasteiger partial charge in [0.25, 0.3) is 5.91 Å². The number of ether oxygens (including phenoxy) is 1. The van der Waals surface area contributed by atoms with Crippen molar-refractivity contribution in [2.24, 2.45) is 5.73 Å². The van der Waals surface area contributed by atoms with Crippen molar-refractivity contribution in [3.05, 3.63) is 66.1 Å². The molecule has 6 nitrogen and oxygen atoms in total. The third-order valence-corrected chi connectivity index (χ3v) is 4.22. The Labute approximate surface area is 161 Å². The summed E-state index contributed by atoms with van der Waals surface area (Å²) in [6, 6.07) is 13.9. The minimum Gasteiger partial charge on any atom is -0.495 e. The number of nitrogens with two attached hydrogens (primary N) is 1. The van der Waals surface area contributed by atoms with Crippen molar-refractivity contribution >= 4 is 22.4 Å². The van der Waals surface area contributed by atoms with Gasteiger partial charge in [0.1, 0.15) is 5.75 Å². The van der Waals surface area contributed by atoms with Crippen LogP contribution in [-0.4, -0.2) is 24.5 Å². The third-order valence-electron chi connectivity index (χ3n) is 4.22. The Morgan fingerprint density at radius 1 is 1.32 bits per heavy atom. The van der Waals surface area contributed by atoms with Crippen molar-refractivity contribution in [2.45, 2.75) is 0 Å². The van der Waals surface area contributed by atoms with E-state index in [9.17, 15) is 9.18 Å². The number of nitriles is 1. The number of primary amides is 1. The molecule has 0 saturated carbocycles. The smallest absolute Gasteiger partial charge is 0.270 e. The Kier molecular flexibility index (Phi) is 5.23. The molecule has 0 bridgehead atoms. The maximum absolute atomic E-state index is 13.7. The van der Waals surface area contributed by atoms with Gasteiger partial charge in [-0.05, 0) is 29.7 Å². The molecule has 1 aromatic heterocycles. The largest absolute Gasteiger partial charge is 0.495 e. The fraction of sp³-hybridized carbons (Fsp3) is 0.0952. The fourth-order valence-electron chi connectivity index (χ4n) is 2.82. The van der Waals surface area contributed by atoms with Crippen molar-refractivity contribution < 1.29 is 13.9 Å². The minimum absolute atomic E-state index is 0.261. The van der Waals surface area contributed by atoms with E-state index in [1.165, 1.54) is 6.07 Å². The molecule has 1 amide bonds. The van der Waals surface area contributed by atoms with Crippen LogP contribution in [0.4, 0.5) is 10.1 Å². The molecule has 0 aliphatic carbocycles. The summed E-state index contributed by atoms with van der Waals surface area (Å²) in [7, 11) is 1.55. The van der Waals surface area contributed by atoms with Crippen molar-refractivity contribution in [3.63, 3.8) is 0 Å². The number of carbonyl (C=O) groups is 1. The molecule has 0 aliphatic rings. The molecule has 7 heteroatoms. The number of hydrogen-bond donors (Lipinski definition) is 2. The number of nitrogens with one attached hydrogen (secondary N) is 1. The van der Waals surface area contributed by atoms with Crippen molar-refractivity contribution in [2.75, 3.05) is 19.0 Å². The van der Waals surface area contributed by atoms with Gasteiger partial charge in [0.15, 0.2) is 11.5 Å².